The normalized spacial score (nSPS) is 13.0. The number of carboxylic acid groups (broad SMARTS) is 1. The van der Waals surface area contributed by atoms with Gasteiger partial charge in [-0.15, -0.1) is 0 Å². The van der Waals surface area contributed by atoms with E-state index in [0.717, 1.165) is 0 Å². The standard InChI is InChI=1S/C9H17NO4/c1-7(8(13)14)3-4-10-9(2,5-11)6-12/h3,10-12H,4-6H2,1-2H3,(H,13,14). The maximum absolute atomic E-state index is 10.4. The fraction of sp³-hybridized carbons (Fsp3) is 0.667. The molecule has 0 aliphatic heterocycles. The zero-order valence-electron chi connectivity index (χ0n) is 8.45. The molecule has 0 aromatic rings. The van der Waals surface area contributed by atoms with Crippen LogP contribution < -0.4 is 5.32 Å². The minimum absolute atomic E-state index is 0.205. The molecule has 0 saturated carbocycles. The van der Waals surface area contributed by atoms with Crippen LogP contribution in [-0.4, -0.2) is 46.6 Å². The molecule has 0 spiro atoms. The van der Waals surface area contributed by atoms with Crippen LogP contribution in [0, 0.1) is 0 Å². The lowest BCUT2D eigenvalue weighted by molar-refractivity contribution is -0.132. The summed E-state index contributed by atoms with van der Waals surface area (Å²) in [5, 5.41) is 29.2. The molecule has 0 aliphatic rings. The molecule has 0 amide bonds. The third kappa shape index (κ3) is 4.36. The maximum Gasteiger partial charge on any atom is 0.330 e. The molecule has 0 aromatic carbocycles. The van der Waals surface area contributed by atoms with E-state index in [1.54, 1.807) is 6.92 Å². The van der Waals surface area contributed by atoms with Gasteiger partial charge in [0, 0.05) is 12.1 Å². The minimum atomic E-state index is -0.971. The Morgan fingerprint density at radius 2 is 1.93 bits per heavy atom. The van der Waals surface area contributed by atoms with Crippen LogP contribution in [0.5, 0.6) is 0 Å². The number of hydrogen-bond acceptors (Lipinski definition) is 4. The van der Waals surface area contributed by atoms with Crippen molar-refractivity contribution < 1.29 is 20.1 Å². The average Bonchev–Trinajstić information content (AvgIpc) is 2.17. The Morgan fingerprint density at radius 3 is 2.29 bits per heavy atom. The summed E-state index contributed by atoms with van der Waals surface area (Å²) in [7, 11) is 0. The van der Waals surface area contributed by atoms with Crippen molar-refractivity contribution in [2.45, 2.75) is 19.4 Å². The Kier molecular flexibility index (Phi) is 5.37. The molecule has 14 heavy (non-hydrogen) atoms. The van der Waals surface area contributed by atoms with Crippen LogP contribution >= 0.6 is 0 Å². The van der Waals surface area contributed by atoms with E-state index in [2.05, 4.69) is 5.32 Å². The summed E-state index contributed by atoms with van der Waals surface area (Å²) in [5.74, 6) is -0.971. The molecular formula is C9H17NO4. The van der Waals surface area contributed by atoms with E-state index < -0.39 is 11.5 Å². The first-order valence-corrected chi connectivity index (χ1v) is 4.32. The molecular weight excluding hydrogens is 186 g/mol. The van der Waals surface area contributed by atoms with Crippen molar-refractivity contribution in [2.75, 3.05) is 19.8 Å². The highest BCUT2D eigenvalue weighted by Gasteiger charge is 2.20. The fourth-order valence-corrected chi connectivity index (χ4v) is 0.700. The van der Waals surface area contributed by atoms with Crippen molar-refractivity contribution in [1.82, 2.24) is 5.32 Å². The Morgan fingerprint density at radius 1 is 1.43 bits per heavy atom. The second kappa shape index (κ2) is 5.74. The number of hydrogen-bond donors (Lipinski definition) is 4. The monoisotopic (exact) mass is 203 g/mol. The van der Waals surface area contributed by atoms with Gasteiger partial charge in [-0.1, -0.05) is 6.08 Å². The van der Waals surface area contributed by atoms with Crippen molar-refractivity contribution >= 4 is 5.97 Å². The number of aliphatic hydroxyl groups excluding tert-OH is 2. The summed E-state index contributed by atoms with van der Waals surface area (Å²) in [5.41, 5.74) is -0.536. The third-order valence-electron chi connectivity index (χ3n) is 1.97. The van der Waals surface area contributed by atoms with Gasteiger partial charge in [-0.25, -0.2) is 4.79 Å². The highest BCUT2D eigenvalue weighted by molar-refractivity contribution is 5.85. The summed E-state index contributed by atoms with van der Waals surface area (Å²) in [6.07, 6.45) is 1.49. The number of aliphatic carboxylic acids is 1. The van der Waals surface area contributed by atoms with Crippen molar-refractivity contribution in [1.29, 1.82) is 0 Å². The van der Waals surface area contributed by atoms with Crippen LogP contribution in [0.2, 0.25) is 0 Å². The molecule has 0 saturated heterocycles. The average molecular weight is 203 g/mol. The first kappa shape index (κ1) is 13.1. The van der Waals surface area contributed by atoms with Crippen molar-refractivity contribution in [3.63, 3.8) is 0 Å². The molecule has 4 N–H and O–H groups in total. The molecule has 0 rings (SSSR count). The first-order chi connectivity index (χ1) is 6.45. The minimum Gasteiger partial charge on any atom is -0.478 e. The lowest BCUT2D eigenvalue weighted by Gasteiger charge is -2.25. The van der Waals surface area contributed by atoms with E-state index in [1.807, 2.05) is 0 Å². The molecule has 0 bridgehead atoms. The van der Waals surface area contributed by atoms with E-state index in [9.17, 15) is 4.79 Å². The Balaban J connectivity index is 4.06. The number of nitrogens with one attached hydrogen (secondary N) is 1. The Bertz CT molecular complexity index is 221. The van der Waals surface area contributed by atoms with Crippen LogP contribution in [0.15, 0.2) is 11.6 Å². The van der Waals surface area contributed by atoms with Crippen molar-refractivity contribution in [2.24, 2.45) is 0 Å². The predicted octanol–water partition coefficient (Wildman–Crippen LogP) is -0.650. The molecule has 0 fully saturated rings. The highest BCUT2D eigenvalue weighted by atomic mass is 16.4. The van der Waals surface area contributed by atoms with Crippen LogP contribution in [0.3, 0.4) is 0 Å². The number of carbonyl (C=O) groups is 1. The van der Waals surface area contributed by atoms with Crippen molar-refractivity contribution in [3.05, 3.63) is 11.6 Å². The van der Waals surface area contributed by atoms with Gasteiger partial charge in [0.05, 0.1) is 18.8 Å². The van der Waals surface area contributed by atoms with Gasteiger partial charge in [0.15, 0.2) is 0 Å². The van der Waals surface area contributed by atoms with Crippen LogP contribution in [0.1, 0.15) is 13.8 Å². The van der Waals surface area contributed by atoms with Gasteiger partial charge in [-0.05, 0) is 13.8 Å². The smallest absolute Gasteiger partial charge is 0.330 e. The quantitative estimate of drug-likeness (QED) is 0.431. The number of rotatable bonds is 6. The molecule has 0 aromatic heterocycles. The van der Waals surface area contributed by atoms with Gasteiger partial charge < -0.3 is 20.6 Å². The first-order valence-electron chi connectivity index (χ1n) is 4.32. The largest absolute Gasteiger partial charge is 0.478 e. The SMILES string of the molecule is CC(=CCNC(C)(CO)CO)C(=O)O. The lowest BCUT2D eigenvalue weighted by Crippen LogP contribution is -2.49. The van der Waals surface area contributed by atoms with Gasteiger partial charge in [0.2, 0.25) is 0 Å². The van der Waals surface area contributed by atoms with E-state index in [1.165, 1.54) is 13.0 Å². The molecule has 0 atom stereocenters. The summed E-state index contributed by atoms with van der Waals surface area (Å²) in [4.78, 5) is 10.4. The maximum atomic E-state index is 10.4. The molecule has 5 nitrogen and oxygen atoms in total. The van der Waals surface area contributed by atoms with Crippen molar-refractivity contribution in [3.8, 4) is 0 Å². The third-order valence-corrected chi connectivity index (χ3v) is 1.97. The second-order valence-electron chi connectivity index (χ2n) is 3.45. The summed E-state index contributed by atoms with van der Waals surface area (Å²) >= 11 is 0. The molecule has 0 unspecified atom stereocenters. The molecule has 0 radical (unpaired) electrons. The fourth-order valence-electron chi connectivity index (χ4n) is 0.700. The highest BCUT2D eigenvalue weighted by Crippen LogP contribution is 2.00. The summed E-state index contributed by atoms with van der Waals surface area (Å²) in [6, 6.07) is 0. The van der Waals surface area contributed by atoms with Gasteiger partial charge in [-0.3, -0.25) is 0 Å². The molecule has 0 aliphatic carbocycles. The van der Waals surface area contributed by atoms with E-state index in [-0.39, 0.29) is 18.8 Å². The zero-order valence-corrected chi connectivity index (χ0v) is 8.45. The van der Waals surface area contributed by atoms with Crippen LogP contribution in [0.25, 0.3) is 0 Å². The Hall–Kier alpha value is -0.910. The van der Waals surface area contributed by atoms with Gasteiger partial charge in [0.1, 0.15) is 0 Å². The number of aliphatic hydroxyl groups is 2. The zero-order chi connectivity index (χ0) is 11.2. The molecule has 0 heterocycles. The lowest BCUT2D eigenvalue weighted by atomic mass is 10.1. The van der Waals surface area contributed by atoms with Crippen LogP contribution in [-0.2, 0) is 4.79 Å². The molecule has 5 heteroatoms. The number of carboxylic acids is 1. The van der Waals surface area contributed by atoms with E-state index in [4.69, 9.17) is 15.3 Å². The second-order valence-corrected chi connectivity index (χ2v) is 3.45. The summed E-state index contributed by atoms with van der Waals surface area (Å²) in [6.45, 7) is 3.03. The molecule has 82 valence electrons. The van der Waals surface area contributed by atoms with Gasteiger partial charge >= 0.3 is 5.97 Å². The Labute approximate surface area is 83.1 Å². The van der Waals surface area contributed by atoms with E-state index >= 15 is 0 Å². The van der Waals surface area contributed by atoms with Gasteiger partial charge in [-0.2, -0.15) is 0 Å². The topological polar surface area (TPSA) is 89.8 Å². The predicted molar refractivity (Wildman–Crippen MR) is 52.0 cm³/mol. The van der Waals surface area contributed by atoms with E-state index in [0.29, 0.717) is 6.54 Å². The van der Waals surface area contributed by atoms with Crippen LogP contribution in [0.4, 0.5) is 0 Å². The van der Waals surface area contributed by atoms with Gasteiger partial charge in [0.25, 0.3) is 0 Å². The summed E-state index contributed by atoms with van der Waals surface area (Å²) < 4.78 is 0.